The standard InChI is InChI=1S/C22H23BrClN3O2/c1-4-5-6-21-26-19-9-7-16(23)12-18(19)22(28)27(21)25-13-15-11-17(24)8-10-20(15)29-14(2)3/h7-14H,4-6H2,1-3H3. The van der Waals surface area contributed by atoms with Gasteiger partial charge in [-0.2, -0.15) is 9.78 Å². The van der Waals surface area contributed by atoms with Gasteiger partial charge in [0.05, 0.1) is 23.2 Å². The Morgan fingerprint density at radius 3 is 2.79 bits per heavy atom. The number of hydrogen-bond donors (Lipinski definition) is 0. The Kier molecular flexibility index (Phi) is 7.09. The molecule has 0 aliphatic rings. The van der Waals surface area contributed by atoms with E-state index in [0.29, 0.717) is 39.5 Å². The third-order valence-corrected chi connectivity index (χ3v) is 5.00. The molecule has 0 aliphatic carbocycles. The first kappa shape index (κ1) is 21.5. The van der Waals surface area contributed by atoms with Crippen LogP contribution in [0.2, 0.25) is 5.02 Å². The van der Waals surface area contributed by atoms with Crippen molar-refractivity contribution in [2.75, 3.05) is 0 Å². The van der Waals surface area contributed by atoms with Crippen LogP contribution in [0, 0.1) is 0 Å². The summed E-state index contributed by atoms with van der Waals surface area (Å²) >= 11 is 9.58. The molecule has 0 amide bonds. The van der Waals surface area contributed by atoms with Gasteiger partial charge in [0.2, 0.25) is 0 Å². The lowest BCUT2D eigenvalue weighted by Crippen LogP contribution is -2.22. The lowest BCUT2D eigenvalue weighted by molar-refractivity contribution is 0.242. The SMILES string of the molecule is CCCCc1nc2ccc(Br)cc2c(=O)n1N=Cc1cc(Cl)ccc1OC(C)C. The summed E-state index contributed by atoms with van der Waals surface area (Å²) in [5, 5.41) is 5.57. The number of hydrogen-bond acceptors (Lipinski definition) is 4. The van der Waals surface area contributed by atoms with Crippen molar-refractivity contribution in [1.29, 1.82) is 0 Å². The molecule has 152 valence electrons. The number of unbranched alkanes of at least 4 members (excludes halogenated alkanes) is 1. The minimum absolute atomic E-state index is 0.00542. The number of aromatic nitrogens is 2. The molecule has 0 unspecified atom stereocenters. The normalized spacial score (nSPS) is 11.7. The topological polar surface area (TPSA) is 56.5 Å². The Morgan fingerprint density at radius 1 is 1.28 bits per heavy atom. The zero-order valence-electron chi connectivity index (χ0n) is 16.7. The maximum atomic E-state index is 13.1. The van der Waals surface area contributed by atoms with Gasteiger partial charge in [0, 0.05) is 21.5 Å². The predicted molar refractivity (Wildman–Crippen MR) is 123 cm³/mol. The van der Waals surface area contributed by atoms with Crippen LogP contribution in [0.3, 0.4) is 0 Å². The summed E-state index contributed by atoms with van der Waals surface area (Å²) in [6, 6.07) is 10.8. The molecule has 0 bridgehead atoms. The average molecular weight is 477 g/mol. The molecule has 0 atom stereocenters. The summed E-state index contributed by atoms with van der Waals surface area (Å²) < 4.78 is 8.04. The summed E-state index contributed by atoms with van der Waals surface area (Å²) in [6.07, 6.45) is 4.19. The summed E-state index contributed by atoms with van der Waals surface area (Å²) in [5.74, 6) is 1.30. The average Bonchev–Trinajstić information content (AvgIpc) is 2.68. The second-order valence-electron chi connectivity index (χ2n) is 7.00. The van der Waals surface area contributed by atoms with Crippen LogP contribution in [0.25, 0.3) is 10.9 Å². The maximum Gasteiger partial charge on any atom is 0.282 e. The van der Waals surface area contributed by atoms with Gasteiger partial charge in [-0.3, -0.25) is 4.79 Å². The van der Waals surface area contributed by atoms with Gasteiger partial charge in [-0.25, -0.2) is 4.98 Å². The summed E-state index contributed by atoms with van der Waals surface area (Å²) in [5.41, 5.74) is 1.17. The number of benzene rings is 2. The van der Waals surface area contributed by atoms with E-state index in [1.54, 1.807) is 30.5 Å². The van der Waals surface area contributed by atoms with E-state index in [4.69, 9.17) is 16.3 Å². The molecule has 29 heavy (non-hydrogen) atoms. The van der Waals surface area contributed by atoms with E-state index in [9.17, 15) is 4.79 Å². The van der Waals surface area contributed by atoms with E-state index in [-0.39, 0.29) is 11.7 Å². The van der Waals surface area contributed by atoms with Crippen LogP contribution in [0.4, 0.5) is 0 Å². The molecule has 0 saturated carbocycles. The van der Waals surface area contributed by atoms with Gasteiger partial charge in [-0.1, -0.05) is 40.9 Å². The number of nitrogens with zero attached hydrogens (tertiary/aromatic N) is 3. The quantitative estimate of drug-likeness (QED) is 0.403. The highest BCUT2D eigenvalue weighted by Crippen LogP contribution is 2.23. The Labute approximate surface area is 183 Å². The van der Waals surface area contributed by atoms with Crippen LogP contribution in [-0.4, -0.2) is 22.0 Å². The second-order valence-corrected chi connectivity index (χ2v) is 8.36. The third kappa shape index (κ3) is 5.25. The highest BCUT2D eigenvalue weighted by Gasteiger charge is 2.12. The van der Waals surface area contributed by atoms with Crippen LogP contribution in [-0.2, 0) is 6.42 Å². The Hall–Kier alpha value is -2.18. The van der Waals surface area contributed by atoms with Crippen molar-refractivity contribution in [3.05, 3.63) is 67.6 Å². The van der Waals surface area contributed by atoms with Crippen LogP contribution in [0.1, 0.15) is 45.0 Å². The molecule has 0 radical (unpaired) electrons. The molecule has 0 aliphatic heterocycles. The zero-order valence-corrected chi connectivity index (χ0v) is 19.0. The van der Waals surface area contributed by atoms with E-state index in [1.807, 2.05) is 26.0 Å². The molecule has 1 heterocycles. The van der Waals surface area contributed by atoms with Crippen molar-refractivity contribution >= 4 is 44.6 Å². The molecule has 7 heteroatoms. The highest BCUT2D eigenvalue weighted by molar-refractivity contribution is 9.10. The van der Waals surface area contributed by atoms with Crippen LogP contribution < -0.4 is 10.3 Å². The monoisotopic (exact) mass is 475 g/mol. The van der Waals surface area contributed by atoms with Crippen molar-refractivity contribution in [1.82, 2.24) is 9.66 Å². The number of halogens is 2. The van der Waals surface area contributed by atoms with Crippen LogP contribution in [0.5, 0.6) is 5.75 Å². The van der Waals surface area contributed by atoms with Gasteiger partial charge in [0.25, 0.3) is 5.56 Å². The molecular weight excluding hydrogens is 454 g/mol. The second kappa shape index (κ2) is 9.55. The molecule has 2 aromatic carbocycles. The van der Waals surface area contributed by atoms with E-state index in [0.717, 1.165) is 17.3 Å². The van der Waals surface area contributed by atoms with Crippen LogP contribution >= 0.6 is 27.5 Å². The molecule has 0 fully saturated rings. The highest BCUT2D eigenvalue weighted by atomic mass is 79.9. The maximum absolute atomic E-state index is 13.1. The largest absolute Gasteiger partial charge is 0.490 e. The number of ether oxygens (including phenoxy) is 1. The van der Waals surface area contributed by atoms with Gasteiger partial charge >= 0.3 is 0 Å². The van der Waals surface area contributed by atoms with Gasteiger partial charge in [-0.15, -0.1) is 0 Å². The summed E-state index contributed by atoms with van der Waals surface area (Å²) in [7, 11) is 0. The van der Waals surface area contributed by atoms with Crippen molar-refractivity contribution < 1.29 is 4.74 Å². The minimum atomic E-state index is -0.202. The Balaban J connectivity index is 2.12. The predicted octanol–water partition coefficient (Wildman–Crippen LogP) is 5.82. The van der Waals surface area contributed by atoms with Crippen molar-refractivity contribution in [2.24, 2.45) is 5.10 Å². The van der Waals surface area contributed by atoms with Crippen molar-refractivity contribution in [3.63, 3.8) is 0 Å². The lowest BCUT2D eigenvalue weighted by atomic mass is 10.2. The molecule has 5 nitrogen and oxygen atoms in total. The molecular formula is C22H23BrClN3O2. The Morgan fingerprint density at radius 2 is 2.07 bits per heavy atom. The van der Waals surface area contributed by atoms with Crippen LogP contribution in [0.15, 0.2) is 50.8 Å². The van der Waals surface area contributed by atoms with Gasteiger partial charge < -0.3 is 4.74 Å². The molecule has 1 aromatic heterocycles. The van der Waals surface area contributed by atoms with E-state index in [2.05, 4.69) is 32.9 Å². The van der Waals surface area contributed by atoms with Crippen molar-refractivity contribution in [2.45, 2.75) is 46.1 Å². The van der Waals surface area contributed by atoms with E-state index < -0.39 is 0 Å². The molecule has 0 spiro atoms. The van der Waals surface area contributed by atoms with Gasteiger partial charge in [0.1, 0.15) is 11.6 Å². The number of fused-ring (bicyclic) bond motifs is 1. The van der Waals surface area contributed by atoms with Gasteiger partial charge in [0.15, 0.2) is 0 Å². The number of aryl methyl sites for hydroxylation is 1. The number of rotatable bonds is 7. The fourth-order valence-corrected chi connectivity index (χ4v) is 3.45. The summed E-state index contributed by atoms with van der Waals surface area (Å²) in [6.45, 7) is 6.01. The molecule has 0 N–H and O–H groups in total. The van der Waals surface area contributed by atoms with E-state index >= 15 is 0 Å². The lowest BCUT2D eigenvalue weighted by Gasteiger charge is -2.13. The Bertz CT molecular complexity index is 1110. The smallest absolute Gasteiger partial charge is 0.282 e. The summed E-state index contributed by atoms with van der Waals surface area (Å²) in [4.78, 5) is 17.8. The van der Waals surface area contributed by atoms with Crippen molar-refractivity contribution in [3.8, 4) is 5.75 Å². The van der Waals surface area contributed by atoms with Gasteiger partial charge in [-0.05, 0) is 56.7 Å². The third-order valence-electron chi connectivity index (χ3n) is 4.28. The first-order valence-electron chi connectivity index (χ1n) is 9.60. The molecule has 3 aromatic rings. The molecule has 0 saturated heterocycles. The fourth-order valence-electron chi connectivity index (χ4n) is 2.91. The minimum Gasteiger partial charge on any atom is -0.490 e. The van der Waals surface area contributed by atoms with E-state index in [1.165, 1.54) is 4.68 Å². The molecule has 3 rings (SSSR count). The fraction of sp³-hybridized carbons (Fsp3) is 0.318. The first-order chi connectivity index (χ1) is 13.9. The zero-order chi connectivity index (χ0) is 21.0. The first-order valence-corrected chi connectivity index (χ1v) is 10.8.